The summed E-state index contributed by atoms with van der Waals surface area (Å²) < 4.78 is 4.85. The van der Waals surface area contributed by atoms with E-state index in [9.17, 15) is 4.79 Å². The zero-order valence-corrected chi connectivity index (χ0v) is 9.26. The first-order valence-corrected chi connectivity index (χ1v) is 5.31. The molecule has 0 fully saturated rings. The Morgan fingerprint density at radius 2 is 2.06 bits per heavy atom. The molecule has 1 aromatic rings. The van der Waals surface area contributed by atoms with Crippen LogP contribution in [0.4, 0.5) is 0 Å². The van der Waals surface area contributed by atoms with Crippen molar-refractivity contribution in [3.8, 4) is 0 Å². The minimum atomic E-state index is -0.183. The van der Waals surface area contributed by atoms with Gasteiger partial charge in [0.25, 0.3) is 0 Å². The molecule has 0 aliphatic heterocycles. The van der Waals surface area contributed by atoms with Crippen molar-refractivity contribution in [1.82, 2.24) is 0 Å². The smallest absolute Gasteiger partial charge is 0.306 e. The van der Waals surface area contributed by atoms with Gasteiger partial charge in [-0.2, -0.15) is 0 Å². The van der Waals surface area contributed by atoms with Gasteiger partial charge in [-0.15, -0.1) is 0 Å². The topological polar surface area (TPSA) is 26.3 Å². The summed E-state index contributed by atoms with van der Waals surface area (Å²) in [5.74, 6) is -0.183. The molecule has 0 saturated heterocycles. The molecule has 0 spiro atoms. The molecule has 2 heteroatoms. The highest BCUT2D eigenvalue weighted by Crippen LogP contribution is 2.03. The summed E-state index contributed by atoms with van der Waals surface area (Å²) in [6.45, 7) is 3.77. The fourth-order valence-electron chi connectivity index (χ4n) is 1.21. The van der Waals surface area contributed by atoms with Gasteiger partial charge in [-0.3, -0.25) is 4.79 Å². The van der Waals surface area contributed by atoms with E-state index in [2.05, 4.69) is 6.58 Å². The molecule has 84 valence electrons. The molecule has 1 rings (SSSR count). The standard InChI is InChI=1S/C14H16O2/c1-2-12-16-14(15)11-7-6-10-13-8-4-3-5-9-13/h2-6,8-10H,1,7,11-12H2. The highest BCUT2D eigenvalue weighted by atomic mass is 16.5. The molecule has 16 heavy (non-hydrogen) atoms. The Labute approximate surface area is 96.2 Å². The largest absolute Gasteiger partial charge is 0.461 e. The Bertz CT molecular complexity index is 352. The van der Waals surface area contributed by atoms with E-state index in [-0.39, 0.29) is 5.97 Å². The second-order valence-electron chi connectivity index (χ2n) is 3.32. The number of carbonyl (C=O) groups excluding carboxylic acids is 1. The van der Waals surface area contributed by atoms with Crippen LogP contribution in [0, 0.1) is 0 Å². The van der Waals surface area contributed by atoms with Gasteiger partial charge in [-0.1, -0.05) is 55.1 Å². The van der Waals surface area contributed by atoms with Crippen molar-refractivity contribution in [1.29, 1.82) is 0 Å². The van der Waals surface area contributed by atoms with Gasteiger partial charge in [-0.25, -0.2) is 0 Å². The monoisotopic (exact) mass is 216 g/mol. The van der Waals surface area contributed by atoms with Crippen LogP contribution in [0.15, 0.2) is 49.1 Å². The summed E-state index contributed by atoms with van der Waals surface area (Å²) in [6.07, 6.45) is 6.66. The van der Waals surface area contributed by atoms with Crippen LogP contribution in [0.5, 0.6) is 0 Å². The number of esters is 1. The number of carbonyl (C=O) groups is 1. The number of hydrogen-bond acceptors (Lipinski definition) is 2. The van der Waals surface area contributed by atoms with Crippen LogP contribution in [-0.4, -0.2) is 12.6 Å². The molecule has 0 saturated carbocycles. The summed E-state index contributed by atoms with van der Waals surface area (Å²) in [4.78, 5) is 11.1. The summed E-state index contributed by atoms with van der Waals surface area (Å²) in [7, 11) is 0. The van der Waals surface area contributed by atoms with Gasteiger partial charge in [0.15, 0.2) is 0 Å². The third kappa shape index (κ3) is 5.15. The lowest BCUT2D eigenvalue weighted by Crippen LogP contribution is -2.02. The maximum Gasteiger partial charge on any atom is 0.306 e. The zero-order chi connectivity index (χ0) is 11.6. The van der Waals surface area contributed by atoms with E-state index < -0.39 is 0 Å². The van der Waals surface area contributed by atoms with E-state index in [0.29, 0.717) is 19.4 Å². The number of rotatable bonds is 6. The van der Waals surface area contributed by atoms with Crippen molar-refractivity contribution >= 4 is 12.0 Å². The lowest BCUT2D eigenvalue weighted by molar-refractivity contribution is -0.142. The lowest BCUT2D eigenvalue weighted by atomic mass is 10.2. The van der Waals surface area contributed by atoms with Crippen LogP contribution in [0.25, 0.3) is 6.08 Å². The fourth-order valence-corrected chi connectivity index (χ4v) is 1.21. The lowest BCUT2D eigenvalue weighted by Gasteiger charge is -1.98. The Balaban J connectivity index is 2.22. The number of hydrogen-bond donors (Lipinski definition) is 0. The first kappa shape index (κ1) is 12.2. The predicted octanol–water partition coefficient (Wildman–Crippen LogP) is 3.21. The summed E-state index contributed by atoms with van der Waals surface area (Å²) >= 11 is 0. The molecule has 0 aliphatic rings. The van der Waals surface area contributed by atoms with Gasteiger partial charge in [0, 0.05) is 6.42 Å². The third-order valence-electron chi connectivity index (χ3n) is 1.99. The quantitative estimate of drug-likeness (QED) is 0.539. The van der Waals surface area contributed by atoms with Crippen molar-refractivity contribution in [3.05, 3.63) is 54.6 Å². The molecule has 0 amide bonds. The van der Waals surface area contributed by atoms with Crippen LogP contribution in [0.2, 0.25) is 0 Å². The normalized spacial score (nSPS) is 10.2. The van der Waals surface area contributed by atoms with Crippen molar-refractivity contribution in [2.75, 3.05) is 6.61 Å². The minimum Gasteiger partial charge on any atom is -0.461 e. The molecule has 2 nitrogen and oxygen atoms in total. The molecule has 0 radical (unpaired) electrons. The Morgan fingerprint density at radius 3 is 2.75 bits per heavy atom. The molecule has 1 aromatic carbocycles. The molecule has 0 heterocycles. The predicted molar refractivity (Wildman–Crippen MR) is 65.9 cm³/mol. The molecule has 0 aromatic heterocycles. The van der Waals surface area contributed by atoms with Crippen molar-refractivity contribution in [2.45, 2.75) is 12.8 Å². The van der Waals surface area contributed by atoms with Crippen molar-refractivity contribution < 1.29 is 9.53 Å². The molecule has 0 aliphatic carbocycles. The van der Waals surface area contributed by atoms with E-state index in [1.807, 2.05) is 42.5 Å². The Kier molecular flexibility index (Phi) is 5.71. The molecule has 0 unspecified atom stereocenters. The van der Waals surface area contributed by atoms with Crippen LogP contribution in [-0.2, 0) is 9.53 Å². The molecule has 0 N–H and O–H groups in total. The van der Waals surface area contributed by atoms with E-state index >= 15 is 0 Å². The zero-order valence-electron chi connectivity index (χ0n) is 9.26. The van der Waals surface area contributed by atoms with Gasteiger partial charge >= 0.3 is 5.97 Å². The minimum absolute atomic E-state index is 0.183. The van der Waals surface area contributed by atoms with Crippen LogP contribution >= 0.6 is 0 Å². The Morgan fingerprint density at radius 1 is 1.31 bits per heavy atom. The summed E-state index contributed by atoms with van der Waals surface area (Å²) in [6, 6.07) is 9.99. The average Bonchev–Trinajstić information content (AvgIpc) is 2.33. The van der Waals surface area contributed by atoms with Crippen LogP contribution in [0.1, 0.15) is 18.4 Å². The summed E-state index contributed by atoms with van der Waals surface area (Å²) in [5, 5.41) is 0. The number of benzene rings is 1. The number of allylic oxidation sites excluding steroid dienone is 1. The first-order valence-electron chi connectivity index (χ1n) is 5.31. The molecule has 0 atom stereocenters. The summed E-state index contributed by atoms with van der Waals surface area (Å²) in [5.41, 5.74) is 1.14. The molecule has 0 bridgehead atoms. The van der Waals surface area contributed by atoms with Crippen molar-refractivity contribution in [2.24, 2.45) is 0 Å². The van der Waals surface area contributed by atoms with Gasteiger partial charge < -0.3 is 4.74 Å². The fraction of sp³-hybridized carbons (Fsp3) is 0.214. The van der Waals surface area contributed by atoms with Gasteiger partial charge in [0.1, 0.15) is 6.61 Å². The highest BCUT2D eigenvalue weighted by molar-refractivity contribution is 5.69. The van der Waals surface area contributed by atoms with E-state index in [0.717, 1.165) is 5.56 Å². The Hall–Kier alpha value is -1.83. The van der Waals surface area contributed by atoms with Gasteiger partial charge in [0.05, 0.1) is 0 Å². The second kappa shape index (κ2) is 7.46. The first-order chi connectivity index (χ1) is 7.83. The highest BCUT2D eigenvalue weighted by Gasteiger charge is 1.98. The van der Waals surface area contributed by atoms with Crippen LogP contribution < -0.4 is 0 Å². The average molecular weight is 216 g/mol. The van der Waals surface area contributed by atoms with Crippen LogP contribution in [0.3, 0.4) is 0 Å². The molecular weight excluding hydrogens is 200 g/mol. The van der Waals surface area contributed by atoms with Crippen molar-refractivity contribution in [3.63, 3.8) is 0 Å². The second-order valence-corrected chi connectivity index (χ2v) is 3.32. The third-order valence-corrected chi connectivity index (χ3v) is 1.99. The van der Waals surface area contributed by atoms with E-state index in [4.69, 9.17) is 4.74 Å². The maximum atomic E-state index is 11.1. The molecular formula is C14H16O2. The maximum absolute atomic E-state index is 11.1. The van der Waals surface area contributed by atoms with Gasteiger partial charge in [0.2, 0.25) is 0 Å². The SMILES string of the molecule is C=CCOC(=O)CCC=Cc1ccccc1. The van der Waals surface area contributed by atoms with E-state index in [1.54, 1.807) is 6.08 Å². The van der Waals surface area contributed by atoms with Gasteiger partial charge in [-0.05, 0) is 12.0 Å². The van der Waals surface area contributed by atoms with E-state index in [1.165, 1.54) is 0 Å². The number of ether oxygens (including phenoxy) is 1.